The van der Waals surface area contributed by atoms with Gasteiger partial charge in [-0.2, -0.15) is 17.5 Å². The number of rotatable bonds is 0. The van der Waals surface area contributed by atoms with Gasteiger partial charge in [0.05, 0.1) is 0 Å². The van der Waals surface area contributed by atoms with Crippen molar-refractivity contribution in [3.05, 3.63) is 97.1 Å². The summed E-state index contributed by atoms with van der Waals surface area (Å²) in [5.74, 6) is 0. The van der Waals surface area contributed by atoms with Crippen molar-refractivity contribution in [1.82, 2.24) is 0 Å². The molecule has 0 aliphatic rings. The van der Waals surface area contributed by atoms with Crippen molar-refractivity contribution in [3.8, 4) is 0 Å². The summed E-state index contributed by atoms with van der Waals surface area (Å²) in [5, 5.41) is 8.05. The zero-order valence-corrected chi connectivity index (χ0v) is 15.2. The van der Waals surface area contributed by atoms with Crippen LogP contribution in [0.5, 0.6) is 0 Å². The molecule has 23 heavy (non-hydrogen) atoms. The zero-order chi connectivity index (χ0) is 14.8. The van der Waals surface area contributed by atoms with Crippen molar-refractivity contribution in [3.63, 3.8) is 0 Å². The van der Waals surface area contributed by atoms with Crippen LogP contribution in [-0.2, 0) is 26.2 Å². The van der Waals surface area contributed by atoms with Gasteiger partial charge in [0.25, 0.3) is 0 Å². The van der Waals surface area contributed by atoms with Crippen LogP contribution in [0, 0.1) is 0 Å². The second-order valence-corrected chi connectivity index (χ2v) is 5.47. The minimum absolute atomic E-state index is 0. The first-order chi connectivity index (χ1) is 10.9. The van der Waals surface area contributed by atoms with E-state index in [1.165, 1.54) is 32.3 Å². The number of fused-ring (bicyclic) bond motifs is 4. The first-order valence-electron chi connectivity index (χ1n) is 7.55. The summed E-state index contributed by atoms with van der Waals surface area (Å²) in [4.78, 5) is 0. The Morgan fingerprint density at radius 1 is 0.522 bits per heavy atom. The van der Waals surface area contributed by atoms with E-state index in [0.717, 1.165) is 0 Å². The first-order valence-corrected chi connectivity index (χ1v) is 7.55. The van der Waals surface area contributed by atoms with Gasteiger partial charge >= 0.3 is 26.2 Å². The summed E-state index contributed by atoms with van der Waals surface area (Å²) in [6.45, 7) is 0. The topological polar surface area (TPSA) is 0 Å². The summed E-state index contributed by atoms with van der Waals surface area (Å²) in [6, 6.07) is 33.9. The molecule has 1 heteroatoms. The molecule has 108 valence electrons. The molecule has 0 aliphatic heterocycles. The van der Waals surface area contributed by atoms with E-state index in [1.54, 1.807) is 0 Å². The van der Waals surface area contributed by atoms with Crippen molar-refractivity contribution in [2.75, 3.05) is 0 Å². The van der Waals surface area contributed by atoms with Gasteiger partial charge < -0.3 is 0 Å². The Morgan fingerprint density at radius 2 is 1.04 bits per heavy atom. The van der Waals surface area contributed by atoms with Crippen LogP contribution in [0.4, 0.5) is 0 Å². The molecule has 0 heterocycles. The van der Waals surface area contributed by atoms with Gasteiger partial charge in [-0.05, 0) is 0 Å². The van der Waals surface area contributed by atoms with Gasteiger partial charge in [0, 0.05) is 0 Å². The van der Waals surface area contributed by atoms with Crippen LogP contribution in [0.1, 0.15) is 0 Å². The van der Waals surface area contributed by atoms with E-state index >= 15 is 0 Å². The third kappa shape index (κ3) is 3.21. The third-order valence-electron chi connectivity index (χ3n) is 4.07. The molecule has 0 saturated carbocycles. The average Bonchev–Trinajstić information content (AvgIpc) is 3.19. The standard InChI is InChI=1S/C13H9.C9H7.Zr/c1-3-7-12-10(5-1)9-11-6-2-4-8-13(11)12;1-2-5-9-7-3-6-8(9)4-1;/h1-9H;1-7H;/q2*-1;+2. The Morgan fingerprint density at radius 3 is 1.65 bits per heavy atom. The molecule has 0 spiro atoms. The SMILES string of the molecule is [Zr+2].c1ccc2[cH-]ccc2c1.c1ccc2c(c1)[cH-]c1ccccc12. The van der Waals surface area contributed by atoms with E-state index in [0.29, 0.717) is 0 Å². The number of hydrogen-bond acceptors (Lipinski definition) is 0. The van der Waals surface area contributed by atoms with Crippen molar-refractivity contribution < 1.29 is 26.2 Å². The Labute approximate surface area is 155 Å². The molecule has 0 bridgehead atoms. The van der Waals surface area contributed by atoms with Crippen molar-refractivity contribution in [2.24, 2.45) is 0 Å². The normalized spacial score (nSPS) is 10.3. The van der Waals surface area contributed by atoms with Gasteiger partial charge in [0.1, 0.15) is 0 Å². The molecule has 5 rings (SSSR count). The van der Waals surface area contributed by atoms with E-state index in [4.69, 9.17) is 0 Å². The molecule has 0 atom stereocenters. The Kier molecular flexibility index (Phi) is 4.89. The monoisotopic (exact) mass is 370 g/mol. The van der Waals surface area contributed by atoms with Crippen LogP contribution >= 0.6 is 0 Å². The van der Waals surface area contributed by atoms with Crippen LogP contribution in [0.2, 0.25) is 0 Å². The average molecular weight is 372 g/mol. The quantitative estimate of drug-likeness (QED) is 0.281. The van der Waals surface area contributed by atoms with Crippen LogP contribution in [0.3, 0.4) is 0 Å². The summed E-state index contributed by atoms with van der Waals surface area (Å²) in [5.41, 5.74) is 0. The van der Waals surface area contributed by atoms with Crippen molar-refractivity contribution in [2.45, 2.75) is 0 Å². The number of benzene rings is 3. The molecule has 5 aromatic carbocycles. The second-order valence-electron chi connectivity index (χ2n) is 5.47. The zero-order valence-electron chi connectivity index (χ0n) is 12.7. The maximum atomic E-state index is 2.24. The fourth-order valence-electron chi connectivity index (χ4n) is 2.97. The van der Waals surface area contributed by atoms with Gasteiger partial charge in [-0.1, -0.05) is 42.5 Å². The van der Waals surface area contributed by atoms with E-state index in [2.05, 4.69) is 97.1 Å². The molecular formula is C22H16Zr. The molecule has 0 unspecified atom stereocenters. The van der Waals surface area contributed by atoms with Gasteiger partial charge in [-0.25, -0.2) is 0 Å². The number of hydrogen-bond donors (Lipinski definition) is 0. The molecule has 0 aliphatic carbocycles. The van der Waals surface area contributed by atoms with E-state index in [9.17, 15) is 0 Å². The Hall–Kier alpha value is -1.98. The summed E-state index contributed by atoms with van der Waals surface area (Å²) in [7, 11) is 0. The molecule has 0 radical (unpaired) electrons. The molecule has 0 N–H and O–H groups in total. The molecule has 5 aromatic rings. The molecule has 0 amide bonds. The van der Waals surface area contributed by atoms with Crippen LogP contribution in [-0.4, -0.2) is 0 Å². The fourth-order valence-corrected chi connectivity index (χ4v) is 2.97. The minimum atomic E-state index is 0. The van der Waals surface area contributed by atoms with Crippen molar-refractivity contribution >= 4 is 32.3 Å². The Bertz CT molecular complexity index is 953. The van der Waals surface area contributed by atoms with Gasteiger partial charge in [0.2, 0.25) is 0 Å². The van der Waals surface area contributed by atoms with E-state index in [-0.39, 0.29) is 26.2 Å². The maximum absolute atomic E-state index is 2.24. The summed E-state index contributed by atoms with van der Waals surface area (Å²) in [6.07, 6.45) is 0. The van der Waals surface area contributed by atoms with Crippen LogP contribution in [0.25, 0.3) is 32.3 Å². The van der Waals surface area contributed by atoms with E-state index in [1.807, 2.05) is 0 Å². The molecular weight excluding hydrogens is 355 g/mol. The van der Waals surface area contributed by atoms with Crippen molar-refractivity contribution in [1.29, 1.82) is 0 Å². The van der Waals surface area contributed by atoms with Crippen LogP contribution in [0.15, 0.2) is 97.1 Å². The predicted molar refractivity (Wildman–Crippen MR) is 96.6 cm³/mol. The maximum Gasteiger partial charge on any atom is 2.00 e. The fraction of sp³-hybridized carbons (Fsp3) is 0. The summed E-state index contributed by atoms with van der Waals surface area (Å²) < 4.78 is 0. The first kappa shape index (κ1) is 15.9. The Balaban J connectivity index is 0.000000138. The smallest absolute Gasteiger partial charge is 0.168 e. The second kappa shape index (κ2) is 7.07. The van der Waals surface area contributed by atoms with E-state index < -0.39 is 0 Å². The molecule has 0 saturated heterocycles. The van der Waals surface area contributed by atoms with Gasteiger partial charge in [0.15, 0.2) is 0 Å². The third-order valence-corrected chi connectivity index (χ3v) is 4.07. The predicted octanol–water partition coefficient (Wildman–Crippen LogP) is 6.27. The van der Waals surface area contributed by atoms with Gasteiger partial charge in [-0.3, -0.25) is 0 Å². The summed E-state index contributed by atoms with van der Waals surface area (Å²) >= 11 is 0. The van der Waals surface area contributed by atoms with Crippen LogP contribution < -0.4 is 0 Å². The molecule has 0 fully saturated rings. The molecule has 0 aromatic heterocycles. The minimum Gasteiger partial charge on any atom is -0.168 e. The molecule has 0 nitrogen and oxygen atoms in total. The van der Waals surface area contributed by atoms with Gasteiger partial charge in [-0.15, -0.1) is 69.4 Å². The largest absolute Gasteiger partial charge is 2.00 e.